The van der Waals surface area contributed by atoms with E-state index in [9.17, 15) is 0 Å². The molecule has 0 aliphatic heterocycles. The van der Waals surface area contributed by atoms with Crippen molar-refractivity contribution in [3.8, 4) is 0 Å². The van der Waals surface area contributed by atoms with Gasteiger partial charge in [0.1, 0.15) is 0 Å². The topological polar surface area (TPSA) is 0 Å². The smallest absolute Gasteiger partial charge is 0.0537 e. The van der Waals surface area contributed by atoms with Crippen LogP contribution in [-0.2, 0) is 0 Å². The first-order chi connectivity index (χ1) is 15.2. The van der Waals surface area contributed by atoms with E-state index in [4.69, 9.17) is 0 Å². The Morgan fingerprint density at radius 2 is 0.774 bits per heavy atom. The lowest BCUT2D eigenvalue weighted by Gasteiger charge is -2.33. The van der Waals surface area contributed by atoms with Crippen molar-refractivity contribution in [2.45, 2.75) is 115 Å². The summed E-state index contributed by atoms with van der Waals surface area (Å²) in [7, 11) is -1.09. The van der Waals surface area contributed by atoms with Crippen LogP contribution in [0.15, 0.2) is 0 Å². The molecule has 0 saturated carbocycles. The highest BCUT2D eigenvalue weighted by Gasteiger charge is 2.30. The summed E-state index contributed by atoms with van der Waals surface area (Å²) in [6.45, 7) is 4.63. The molecule has 0 nitrogen and oxygen atoms in total. The molecule has 5 heteroatoms. The monoisotopic (exact) mass is 524 g/mol. The molecule has 0 aliphatic rings. The lowest BCUT2D eigenvalue weighted by Crippen LogP contribution is -2.34. The van der Waals surface area contributed by atoms with E-state index >= 15 is 0 Å². The first kappa shape index (κ1) is 32.6. The van der Waals surface area contributed by atoms with Gasteiger partial charge < -0.3 is 0 Å². The lowest BCUT2D eigenvalue weighted by atomic mass is 10.2. The molecule has 188 valence electrons. The van der Waals surface area contributed by atoms with Gasteiger partial charge in [-0.1, -0.05) is 76.5 Å². The first-order valence-corrected chi connectivity index (χ1v) is 21.3. The van der Waals surface area contributed by atoms with Crippen molar-refractivity contribution in [2.75, 3.05) is 47.0 Å². The van der Waals surface area contributed by atoms with Crippen molar-refractivity contribution in [3.05, 3.63) is 0 Å². The van der Waals surface area contributed by atoms with Crippen LogP contribution < -0.4 is 0 Å². The molecule has 0 saturated heterocycles. The summed E-state index contributed by atoms with van der Waals surface area (Å²) in [5.41, 5.74) is 0. The first-order valence-electron chi connectivity index (χ1n) is 13.4. The molecule has 0 bridgehead atoms. The zero-order valence-corrected chi connectivity index (χ0v) is 26.0. The fourth-order valence-corrected chi connectivity index (χ4v) is 13.5. The van der Waals surface area contributed by atoms with E-state index in [1.807, 2.05) is 0 Å². The maximum atomic E-state index is 2.32. The average Bonchev–Trinajstić information content (AvgIpc) is 2.77. The molecule has 0 aromatic heterocycles. The molecule has 0 atom stereocenters. The molecule has 0 unspecified atom stereocenters. The van der Waals surface area contributed by atoms with Gasteiger partial charge >= 0.3 is 0 Å². The number of hydrogen-bond acceptors (Lipinski definition) is 4. The average molecular weight is 525 g/mol. The number of hydrogen-bond donors (Lipinski definition) is 0. The van der Waals surface area contributed by atoms with Gasteiger partial charge in [-0.2, -0.15) is 47.0 Å². The second-order valence-corrected chi connectivity index (χ2v) is 18.7. The number of unbranched alkanes of at least 4 members (excludes halogenated alkanes) is 6. The van der Waals surface area contributed by atoms with Crippen LogP contribution in [0.1, 0.15) is 90.9 Å². The zero-order valence-electron chi connectivity index (χ0n) is 21.7. The summed E-state index contributed by atoms with van der Waals surface area (Å²) >= 11 is 8.63. The molecule has 0 aromatic rings. The Balaban J connectivity index is 4.44. The third kappa shape index (κ3) is 21.9. The van der Waals surface area contributed by atoms with Crippen LogP contribution in [0.2, 0.25) is 24.2 Å². The van der Waals surface area contributed by atoms with Crippen LogP contribution in [-0.4, -0.2) is 55.1 Å². The second-order valence-electron chi connectivity index (χ2n) is 9.25. The molecule has 0 heterocycles. The number of rotatable bonds is 26. The van der Waals surface area contributed by atoms with E-state index in [1.165, 1.54) is 112 Å². The van der Waals surface area contributed by atoms with E-state index in [0.29, 0.717) is 0 Å². The van der Waals surface area contributed by atoms with Crippen molar-refractivity contribution in [1.29, 1.82) is 0 Å². The van der Waals surface area contributed by atoms with Crippen LogP contribution in [0.3, 0.4) is 0 Å². The lowest BCUT2D eigenvalue weighted by molar-refractivity contribution is 0.706. The Labute approximate surface area is 216 Å². The SMILES string of the molecule is CCCCCCSCCC[Si](CCCSC)(CCCSC)CCCSCCCCCC. The molecular weight excluding hydrogens is 469 g/mol. The third-order valence-corrected chi connectivity index (χ3v) is 15.7. The van der Waals surface area contributed by atoms with Crippen LogP contribution in [0.25, 0.3) is 0 Å². The second kappa shape index (κ2) is 26.2. The molecule has 0 fully saturated rings. The Morgan fingerprint density at radius 1 is 0.419 bits per heavy atom. The molecule has 0 spiro atoms. The molecule has 0 rings (SSSR count). The Hall–Kier alpha value is 1.62. The van der Waals surface area contributed by atoms with Crippen LogP contribution >= 0.6 is 47.0 Å². The van der Waals surface area contributed by atoms with Crippen molar-refractivity contribution in [3.63, 3.8) is 0 Å². The summed E-state index contributed by atoms with van der Waals surface area (Å²) in [5, 5.41) is 0. The zero-order chi connectivity index (χ0) is 22.9. The molecule has 0 aromatic carbocycles. The predicted octanol–water partition coefficient (Wildman–Crippen LogP) is 10.3. The molecule has 0 aliphatic carbocycles. The minimum absolute atomic E-state index is 1.09. The van der Waals surface area contributed by atoms with Gasteiger partial charge in [-0.15, -0.1) is 0 Å². The standard InChI is InChI=1S/C26H56S4Si/c1-5-7-9-11-19-29-21-15-25-31(23-13-17-27-3,24-14-18-28-4)26-16-22-30-20-12-10-8-6-2/h5-26H2,1-4H3. The summed E-state index contributed by atoms with van der Waals surface area (Å²) < 4.78 is 0. The van der Waals surface area contributed by atoms with Gasteiger partial charge in [0, 0.05) is 0 Å². The van der Waals surface area contributed by atoms with Gasteiger partial charge in [0.15, 0.2) is 0 Å². The normalized spacial score (nSPS) is 12.0. The quantitative estimate of drug-likeness (QED) is 0.0814. The van der Waals surface area contributed by atoms with Gasteiger partial charge in [0.2, 0.25) is 0 Å². The summed E-state index contributed by atoms with van der Waals surface area (Å²) in [6, 6.07) is 6.48. The van der Waals surface area contributed by atoms with Crippen LogP contribution in [0, 0.1) is 0 Å². The van der Waals surface area contributed by atoms with Gasteiger partial charge in [-0.3, -0.25) is 0 Å². The van der Waals surface area contributed by atoms with Crippen LogP contribution in [0.5, 0.6) is 0 Å². The Bertz CT molecular complexity index is 309. The highest BCUT2D eigenvalue weighted by molar-refractivity contribution is 7.99. The van der Waals surface area contributed by atoms with Gasteiger partial charge in [-0.05, 0) is 85.6 Å². The summed E-state index contributed by atoms with van der Waals surface area (Å²) in [5.74, 6) is 8.44. The maximum absolute atomic E-state index is 2.32. The fourth-order valence-electron chi connectivity index (χ4n) is 4.50. The van der Waals surface area contributed by atoms with Crippen molar-refractivity contribution < 1.29 is 0 Å². The van der Waals surface area contributed by atoms with E-state index in [-0.39, 0.29) is 0 Å². The van der Waals surface area contributed by atoms with Gasteiger partial charge in [0.25, 0.3) is 0 Å². The van der Waals surface area contributed by atoms with Crippen molar-refractivity contribution >= 4 is 55.1 Å². The Kier molecular flexibility index (Phi) is 27.6. The van der Waals surface area contributed by atoms with E-state index in [1.54, 1.807) is 24.2 Å². The molecule has 31 heavy (non-hydrogen) atoms. The van der Waals surface area contributed by atoms with Crippen LogP contribution in [0.4, 0.5) is 0 Å². The number of thioether (sulfide) groups is 4. The van der Waals surface area contributed by atoms with E-state index < -0.39 is 8.07 Å². The van der Waals surface area contributed by atoms with E-state index in [0.717, 1.165) is 0 Å². The minimum Gasteiger partial charge on any atom is -0.165 e. The summed E-state index contributed by atoms with van der Waals surface area (Å²) in [4.78, 5) is 0. The van der Waals surface area contributed by atoms with Crippen molar-refractivity contribution in [1.82, 2.24) is 0 Å². The predicted molar refractivity (Wildman–Crippen MR) is 163 cm³/mol. The third-order valence-electron chi connectivity index (χ3n) is 6.39. The Morgan fingerprint density at radius 3 is 1.13 bits per heavy atom. The fraction of sp³-hybridized carbons (Fsp3) is 1.00. The van der Waals surface area contributed by atoms with Gasteiger partial charge in [-0.25, -0.2) is 0 Å². The van der Waals surface area contributed by atoms with Crippen molar-refractivity contribution in [2.24, 2.45) is 0 Å². The molecule has 0 amide bonds. The summed E-state index contributed by atoms with van der Waals surface area (Å²) in [6.07, 6.45) is 21.9. The highest BCUT2D eigenvalue weighted by Crippen LogP contribution is 2.34. The molecular formula is C26H56S4Si. The maximum Gasteiger partial charge on any atom is 0.0537 e. The largest absolute Gasteiger partial charge is 0.165 e. The van der Waals surface area contributed by atoms with E-state index in [2.05, 4.69) is 73.4 Å². The minimum atomic E-state index is -1.09. The molecule has 0 radical (unpaired) electrons. The molecule has 0 N–H and O–H groups in total. The highest BCUT2D eigenvalue weighted by atomic mass is 32.2. The van der Waals surface area contributed by atoms with Gasteiger partial charge in [0.05, 0.1) is 8.07 Å².